The van der Waals surface area contributed by atoms with Gasteiger partial charge in [0.15, 0.2) is 6.10 Å². The van der Waals surface area contributed by atoms with E-state index in [4.69, 9.17) is 4.74 Å². The highest BCUT2D eigenvalue weighted by atomic mass is 19.3. The standard InChI is InChI=1S/C17H14F2O2/c18-17(19,15(20)13-7-2-1-3-8-13)16-14-9-5-4-6-12(14)10-11-21-16/h1-9,16H,10-11H2/t16-/m1/s1. The Morgan fingerprint density at radius 2 is 1.71 bits per heavy atom. The first-order chi connectivity index (χ1) is 10.1. The molecule has 0 aliphatic carbocycles. The monoisotopic (exact) mass is 288 g/mol. The van der Waals surface area contributed by atoms with Crippen LogP contribution < -0.4 is 0 Å². The average molecular weight is 288 g/mol. The van der Waals surface area contributed by atoms with Crippen molar-refractivity contribution >= 4 is 5.78 Å². The molecule has 0 amide bonds. The van der Waals surface area contributed by atoms with E-state index in [2.05, 4.69) is 0 Å². The van der Waals surface area contributed by atoms with Crippen LogP contribution in [0.4, 0.5) is 8.78 Å². The number of benzene rings is 2. The van der Waals surface area contributed by atoms with Gasteiger partial charge in [-0.2, -0.15) is 8.78 Å². The molecule has 21 heavy (non-hydrogen) atoms. The van der Waals surface area contributed by atoms with E-state index >= 15 is 0 Å². The maximum absolute atomic E-state index is 14.6. The zero-order valence-corrected chi connectivity index (χ0v) is 11.3. The molecule has 0 saturated heterocycles. The van der Waals surface area contributed by atoms with E-state index in [1.165, 1.54) is 12.1 Å². The van der Waals surface area contributed by atoms with Crippen molar-refractivity contribution < 1.29 is 18.3 Å². The van der Waals surface area contributed by atoms with Gasteiger partial charge in [-0.05, 0) is 17.5 Å². The molecule has 4 heteroatoms. The van der Waals surface area contributed by atoms with E-state index in [1.54, 1.807) is 42.5 Å². The molecule has 0 N–H and O–H groups in total. The fourth-order valence-electron chi connectivity index (χ4n) is 2.60. The van der Waals surface area contributed by atoms with Gasteiger partial charge < -0.3 is 4.74 Å². The Bertz CT molecular complexity index is 653. The number of fused-ring (bicyclic) bond motifs is 1. The van der Waals surface area contributed by atoms with Crippen molar-refractivity contribution in [3.63, 3.8) is 0 Å². The van der Waals surface area contributed by atoms with E-state index in [0.29, 0.717) is 12.0 Å². The van der Waals surface area contributed by atoms with Crippen LogP contribution in [-0.4, -0.2) is 18.3 Å². The summed E-state index contributed by atoms with van der Waals surface area (Å²) in [6.45, 7) is 0.194. The molecular weight excluding hydrogens is 274 g/mol. The first-order valence-electron chi connectivity index (χ1n) is 6.78. The highest BCUT2D eigenvalue weighted by Gasteiger charge is 2.50. The number of ketones is 1. The lowest BCUT2D eigenvalue weighted by atomic mass is 9.90. The maximum atomic E-state index is 14.6. The second kappa shape index (κ2) is 5.37. The molecule has 0 bridgehead atoms. The Hall–Kier alpha value is -2.07. The molecule has 1 heterocycles. The molecule has 0 radical (unpaired) electrons. The number of Topliss-reactive ketones (excluding diaryl/α,β-unsaturated/α-hetero) is 1. The van der Waals surface area contributed by atoms with Crippen LogP contribution in [0, 0.1) is 0 Å². The Balaban J connectivity index is 1.98. The van der Waals surface area contributed by atoms with Gasteiger partial charge in [0.25, 0.3) is 0 Å². The van der Waals surface area contributed by atoms with Gasteiger partial charge >= 0.3 is 5.92 Å². The fourth-order valence-corrected chi connectivity index (χ4v) is 2.60. The first kappa shape index (κ1) is 13.9. The second-order valence-corrected chi connectivity index (χ2v) is 5.02. The molecule has 0 aromatic heterocycles. The number of alkyl halides is 2. The van der Waals surface area contributed by atoms with Crippen molar-refractivity contribution in [2.24, 2.45) is 0 Å². The van der Waals surface area contributed by atoms with Crippen LogP contribution in [0.25, 0.3) is 0 Å². The highest BCUT2D eigenvalue weighted by molar-refractivity contribution is 6.01. The lowest BCUT2D eigenvalue weighted by molar-refractivity contribution is -0.117. The van der Waals surface area contributed by atoms with Crippen LogP contribution in [0.1, 0.15) is 27.6 Å². The van der Waals surface area contributed by atoms with E-state index in [0.717, 1.165) is 5.56 Å². The van der Waals surface area contributed by atoms with Crippen molar-refractivity contribution in [1.29, 1.82) is 0 Å². The largest absolute Gasteiger partial charge is 0.366 e. The SMILES string of the molecule is O=C(c1ccccc1)C(F)(F)[C@@H]1OCCc2ccccc21. The van der Waals surface area contributed by atoms with Gasteiger partial charge in [-0.3, -0.25) is 4.79 Å². The van der Waals surface area contributed by atoms with E-state index < -0.39 is 17.8 Å². The normalized spacial score (nSPS) is 18.1. The molecule has 2 aromatic carbocycles. The summed E-state index contributed by atoms with van der Waals surface area (Å²) in [6.07, 6.45) is -0.933. The van der Waals surface area contributed by atoms with Gasteiger partial charge in [0.05, 0.1) is 6.61 Å². The quantitative estimate of drug-likeness (QED) is 0.803. The number of hydrogen-bond donors (Lipinski definition) is 0. The predicted octanol–water partition coefficient (Wildman–Crippen LogP) is 3.82. The van der Waals surface area contributed by atoms with Gasteiger partial charge in [-0.15, -0.1) is 0 Å². The average Bonchev–Trinajstić information content (AvgIpc) is 2.54. The molecule has 2 nitrogen and oxygen atoms in total. The van der Waals surface area contributed by atoms with E-state index in [9.17, 15) is 13.6 Å². The minimum absolute atomic E-state index is 0.00541. The van der Waals surface area contributed by atoms with Gasteiger partial charge in [-0.1, -0.05) is 54.6 Å². The van der Waals surface area contributed by atoms with Crippen molar-refractivity contribution in [2.75, 3.05) is 6.61 Å². The summed E-state index contributed by atoms with van der Waals surface area (Å²) >= 11 is 0. The molecule has 3 rings (SSSR count). The van der Waals surface area contributed by atoms with Gasteiger partial charge in [0, 0.05) is 5.56 Å². The lowest BCUT2D eigenvalue weighted by Gasteiger charge is -2.31. The topological polar surface area (TPSA) is 26.3 Å². The Labute approximate surface area is 121 Å². The van der Waals surface area contributed by atoms with Crippen LogP contribution in [0.15, 0.2) is 54.6 Å². The van der Waals surface area contributed by atoms with Crippen molar-refractivity contribution in [2.45, 2.75) is 18.4 Å². The summed E-state index contributed by atoms with van der Waals surface area (Å²) in [5.41, 5.74) is 1.21. The number of hydrogen-bond acceptors (Lipinski definition) is 2. The third-order valence-electron chi connectivity index (χ3n) is 3.66. The summed E-state index contributed by atoms with van der Waals surface area (Å²) in [5, 5.41) is 0. The Morgan fingerprint density at radius 3 is 2.48 bits per heavy atom. The first-order valence-corrected chi connectivity index (χ1v) is 6.78. The molecule has 0 unspecified atom stereocenters. The third kappa shape index (κ3) is 2.47. The molecule has 0 saturated carbocycles. The third-order valence-corrected chi connectivity index (χ3v) is 3.66. The summed E-state index contributed by atoms with van der Waals surface area (Å²) in [7, 11) is 0. The zero-order chi connectivity index (χ0) is 14.9. The summed E-state index contributed by atoms with van der Waals surface area (Å²) in [4.78, 5) is 12.1. The molecular formula is C17H14F2O2. The summed E-state index contributed by atoms with van der Waals surface area (Å²) in [5.74, 6) is -4.79. The van der Waals surface area contributed by atoms with Crippen LogP contribution >= 0.6 is 0 Å². The number of carbonyl (C=O) groups is 1. The lowest BCUT2D eigenvalue weighted by Crippen LogP contribution is -2.39. The summed E-state index contributed by atoms with van der Waals surface area (Å²) < 4.78 is 34.4. The highest BCUT2D eigenvalue weighted by Crippen LogP contribution is 2.40. The van der Waals surface area contributed by atoms with Crippen LogP contribution in [0.5, 0.6) is 0 Å². The van der Waals surface area contributed by atoms with Crippen molar-refractivity contribution in [1.82, 2.24) is 0 Å². The zero-order valence-electron chi connectivity index (χ0n) is 11.3. The molecule has 0 fully saturated rings. The van der Waals surface area contributed by atoms with Crippen molar-refractivity contribution in [3.05, 3.63) is 71.3 Å². The van der Waals surface area contributed by atoms with Gasteiger partial charge in [0.1, 0.15) is 0 Å². The van der Waals surface area contributed by atoms with Crippen LogP contribution in [-0.2, 0) is 11.2 Å². The van der Waals surface area contributed by atoms with E-state index in [-0.39, 0.29) is 12.2 Å². The molecule has 1 atom stereocenters. The van der Waals surface area contributed by atoms with Crippen molar-refractivity contribution in [3.8, 4) is 0 Å². The van der Waals surface area contributed by atoms with Crippen LogP contribution in [0.2, 0.25) is 0 Å². The van der Waals surface area contributed by atoms with Crippen LogP contribution in [0.3, 0.4) is 0 Å². The summed E-state index contributed by atoms with van der Waals surface area (Å²) in [6, 6.07) is 14.5. The maximum Gasteiger partial charge on any atom is 0.339 e. The van der Waals surface area contributed by atoms with Gasteiger partial charge in [0.2, 0.25) is 5.78 Å². The minimum Gasteiger partial charge on any atom is -0.366 e. The Morgan fingerprint density at radius 1 is 1.05 bits per heavy atom. The van der Waals surface area contributed by atoms with Gasteiger partial charge in [-0.25, -0.2) is 0 Å². The fraction of sp³-hybridized carbons (Fsp3) is 0.235. The number of halogens is 2. The predicted molar refractivity (Wildman–Crippen MR) is 74.6 cm³/mol. The van der Waals surface area contributed by atoms with E-state index in [1.807, 2.05) is 0 Å². The number of rotatable bonds is 3. The smallest absolute Gasteiger partial charge is 0.339 e. The molecule has 0 spiro atoms. The molecule has 1 aliphatic heterocycles. The number of carbonyl (C=O) groups excluding carboxylic acids is 1. The number of ether oxygens (including phenoxy) is 1. The second-order valence-electron chi connectivity index (χ2n) is 5.02. The minimum atomic E-state index is -3.59. The molecule has 1 aliphatic rings. The molecule has 108 valence electrons. The molecule has 2 aromatic rings. The Kier molecular flexibility index (Phi) is 3.55.